The summed E-state index contributed by atoms with van der Waals surface area (Å²) in [5.74, 6) is 0. The molecule has 0 aliphatic heterocycles. The summed E-state index contributed by atoms with van der Waals surface area (Å²) in [4.78, 5) is 0. The van der Waals surface area contributed by atoms with Crippen molar-refractivity contribution in [1.29, 1.82) is 0 Å². The number of hydrogen-bond donors (Lipinski definition) is 0. The van der Waals surface area contributed by atoms with E-state index in [9.17, 15) is 13.2 Å². The lowest BCUT2D eigenvalue weighted by molar-refractivity contribution is 0.166. The lowest BCUT2D eigenvalue weighted by Crippen LogP contribution is -2.13. The highest BCUT2D eigenvalue weighted by atomic mass is 35.5. The molecular weight excluding hydrogens is 149 g/mol. The van der Waals surface area contributed by atoms with Gasteiger partial charge in [-0.2, -0.15) is 13.2 Å². The number of rotatable bonds is 1. The van der Waals surface area contributed by atoms with Gasteiger partial charge in [-0.15, -0.1) is 0 Å². The molecule has 0 unspecified atom stereocenters. The molecule has 0 spiro atoms. The minimum absolute atomic E-state index is 1.99. The van der Waals surface area contributed by atoms with Gasteiger partial charge in [-0.25, -0.2) is 0 Å². The van der Waals surface area contributed by atoms with Gasteiger partial charge in [-0.3, -0.25) is 0 Å². The fourth-order valence-electron chi connectivity index (χ4n) is 0. The molecule has 0 aliphatic rings. The Morgan fingerprint density at radius 1 is 1.57 bits per heavy atom. The van der Waals surface area contributed by atoms with E-state index < -0.39 is 10.5 Å². The van der Waals surface area contributed by atoms with Crippen LogP contribution in [0.4, 0.5) is 13.2 Å². The number of halogens is 4. The monoisotopic (exact) mass is 148 g/mol. The molecular formula is C2ClF3S. The van der Waals surface area contributed by atoms with Crippen LogP contribution < -0.4 is 0 Å². The van der Waals surface area contributed by atoms with E-state index in [0.717, 1.165) is 0 Å². The fraction of sp³-hybridized carbons (Fsp3) is 0.500. The minimum Gasteiger partial charge on any atom is -0.191 e. The van der Waals surface area contributed by atoms with Crippen LogP contribution in [0.15, 0.2) is 0 Å². The molecule has 0 aromatic rings. The van der Waals surface area contributed by atoms with E-state index in [0.29, 0.717) is 0 Å². The Bertz CT molecular complexity index is 85.4. The molecule has 0 aromatic carbocycles. The van der Waals surface area contributed by atoms with Crippen LogP contribution >= 0.6 is 23.8 Å². The summed E-state index contributed by atoms with van der Waals surface area (Å²) >= 11 is 7.40. The van der Waals surface area contributed by atoms with E-state index in [4.69, 9.17) is 0 Å². The third-order valence-corrected chi connectivity index (χ3v) is 0.757. The molecule has 0 fully saturated rings. The van der Waals surface area contributed by atoms with E-state index in [2.05, 4.69) is 23.8 Å². The second kappa shape index (κ2) is 1.96. The Labute approximate surface area is 48.3 Å². The molecule has 0 aliphatic carbocycles. The van der Waals surface area contributed by atoms with Gasteiger partial charge in [0.05, 0.1) is 0 Å². The predicted molar refractivity (Wildman–Crippen MR) is 24.5 cm³/mol. The molecule has 42 valence electrons. The first-order valence-corrected chi connectivity index (χ1v) is 2.00. The van der Waals surface area contributed by atoms with Crippen molar-refractivity contribution in [2.45, 2.75) is 5.38 Å². The van der Waals surface area contributed by atoms with Crippen molar-refractivity contribution in [3.63, 3.8) is 0 Å². The zero-order chi connectivity index (χ0) is 6.08. The van der Waals surface area contributed by atoms with Crippen molar-refractivity contribution in [2.24, 2.45) is 0 Å². The van der Waals surface area contributed by atoms with Gasteiger partial charge >= 0.3 is 5.38 Å². The molecule has 0 atom stereocenters. The zero-order valence-electron chi connectivity index (χ0n) is 2.92. The SMILES string of the molecule is FC(=S)C(F)(F)Cl. The van der Waals surface area contributed by atoms with Crippen molar-refractivity contribution in [1.82, 2.24) is 0 Å². The van der Waals surface area contributed by atoms with E-state index in [1.807, 2.05) is 0 Å². The highest BCUT2D eigenvalue weighted by Crippen LogP contribution is 2.21. The molecule has 0 aromatic heterocycles. The maximum absolute atomic E-state index is 11.1. The second-order valence-corrected chi connectivity index (χ2v) is 1.60. The third kappa shape index (κ3) is 2.82. The maximum atomic E-state index is 11.1. The van der Waals surface area contributed by atoms with Crippen LogP contribution in [0, 0.1) is 0 Å². The largest absolute Gasteiger partial charge is 0.384 e. The summed E-state index contributed by atoms with van der Waals surface area (Å²) < 4.78 is 33.2. The Hall–Kier alpha value is 0.170. The van der Waals surface area contributed by atoms with Gasteiger partial charge in [-0.05, 0) is 23.8 Å². The first kappa shape index (κ1) is 7.17. The summed E-state index contributed by atoms with van der Waals surface area (Å²) in [7, 11) is 0. The highest BCUT2D eigenvalue weighted by Gasteiger charge is 2.31. The number of alkyl halides is 3. The molecule has 0 saturated heterocycles. The summed E-state index contributed by atoms with van der Waals surface area (Å²) in [5, 5.41) is -5.95. The number of hydrogen-bond acceptors (Lipinski definition) is 1. The topological polar surface area (TPSA) is 0 Å². The molecule has 0 saturated carbocycles. The molecule has 5 heteroatoms. The molecule has 0 N–H and O–H groups in total. The van der Waals surface area contributed by atoms with Gasteiger partial charge in [0, 0.05) is 0 Å². The van der Waals surface area contributed by atoms with Crippen LogP contribution in [-0.4, -0.2) is 10.5 Å². The average molecular weight is 149 g/mol. The third-order valence-electron chi connectivity index (χ3n) is 0.223. The van der Waals surface area contributed by atoms with Gasteiger partial charge in [0.15, 0.2) is 0 Å². The van der Waals surface area contributed by atoms with E-state index in [1.54, 1.807) is 0 Å². The van der Waals surface area contributed by atoms with Crippen molar-refractivity contribution < 1.29 is 13.2 Å². The van der Waals surface area contributed by atoms with Crippen LogP contribution in [0.25, 0.3) is 0 Å². The van der Waals surface area contributed by atoms with E-state index in [-0.39, 0.29) is 0 Å². The quantitative estimate of drug-likeness (QED) is 0.312. The van der Waals surface area contributed by atoms with Crippen LogP contribution in [0.2, 0.25) is 0 Å². The van der Waals surface area contributed by atoms with Crippen LogP contribution in [-0.2, 0) is 0 Å². The lowest BCUT2D eigenvalue weighted by atomic mass is 10.8. The molecule has 0 heterocycles. The molecule has 0 nitrogen and oxygen atoms in total. The summed E-state index contributed by atoms with van der Waals surface area (Å²) in [6.07, 6.45) is 0. The predicted octanol–water partition coefficient (Wildman–Crippen LogP) is 2.11. The normalized spacial score (nSPS) is 11.4. The van der Waals surface area contributed by atoms with Crippen molar-refractivity contribution >= 4 is 28.9 Å². The van der Waals surface area contributed by atoms with Crippen molar-refractivity contribution in [3.8, 4) is 0 Å². The second-order valence-electron chi connectivity index (χ2n) is 0.771. The average Bonchev–Trinajstić information content (AvgIpc) is 1.31. The maximum Gasteiger partial charge on any atom is 0.384 e. The van der Waals surface area contributed by atoms with Gasteiger partial charge in [0.25, 0.3) is 0 Å². The first-order valence-electron chi connectivity index (χ1n) is 1.21. The number of thiocarbonyl (C=S) groups is 1. The van der Waals surface area contributed by atoms with Crippen LogP contribution in [0.5, 0.6) is 0 Å². The summed E-state index contributed by atoms with van der Waals surface area (Å²) in [5.41, 5.74) is 0. The zero-order valence-corrected chi connectivity index (χ0v) is 4.49. The van der Waals surface area contributed by atoms with Crippen molar-refractivity contribution in [2.75, 3.05) is 0 Å². The molecule has 0 radical (unpaired) electrons. The Morgan fingerprint density at radius 3 is 1.71 bits per heavy atom. The first-order chi connectivity index (χ1) is 2.94. The highest BCUT2D eigenvalue weighted by molar-refractivity contribution is 7.80. The minimum atomic E-state index is -3.96. The Balaban J connectivity index is 3.79. The van der Waals surface area contributed by atoms with Crippen LogP contribution in [0.3, 0.4) is 0 Å². The lowest BCUT2D eigenvalue weighted by Gasteiger charge is -1.97. The van der Waals surface area contributed by atoms with Gasteiger partial charge in [0.2, 0.25) is 5.12 Å². The van der Waals surface area contributed by atoms with E-state index >= 15 is 0 Å². The van der Waals surface area contributed by atoms with Gasteiger partial charge in [0.1, 0.15) is 0 Å². The standard InChI is InChI=1S/C2ClF3S/c3-2(5,6)1(4)7. The molecule has 0 amide bonds. The Morgan fingerprint density at radius 2 is 1.71 bits per heavy atom. The molecule has 0 bridgehead atoms. The van der Waals surface area contributed by atoms with Gasteiger partial charge in [-0.1, -0.05) is 0 Å². The molecule has 0 rings (SSSR count). The Kier molecular flexibility index (Phi) is 2.01. The van der Waals surface area contributed by atoms with Gasteiger partial charge < -0.3 is 0 Å². The fourth-order valence-corrected chi connectivity index (χ4v) is 0. The smallest absolute Gasteiger partial charge is 0.191 e. The van der Waals surface area contributed by atoms with Crippen molar-refractivity contribution in [3.05, 3.63) is 0 Å². The molecule has 7 heavy (non-hydrogen) atoms. The van der Waals surface area contributed by atoms with Crippen LogP contribution in [0.1, 0.15) is 0 Å². The summed E-state index contributed by atoms with van der Waals surface area (Å²) in [6, 6.07) is 0. The summed E-state index contributed by atoms with van der Waals surface area (Å²) in [6.45, 7) is 0. The van der Waals surface area contributed by atoms with E-state index in [1.165, 1.54) is 0 Å².